The summed E-state index contributed by atoms with van der Waals surface area (Å²) < 4.78 is 26.7. The molecule has 0 aliphatic carbocycles. The van der Waals surface area contributed by atoms with Gasteiger partial charge >= 0.3 is 0 Å². The normalized spacial score (nSPS) is 15.7. The third-order valence-electron chi connectivity index (χ3n) is 3.08. The summed E-state index contributed by atoms with van der Waals surface area (Å²) in [5.41, 5.74) is 4.99. The summed E-state index contributed by atoms with van der Waals surface area (Å²) in [6.07, 6.45) is 1.29. The highest BCUT2D eigenvalue weighted by Crippen LogP contribution is 2.20. The van der Waals surface area contributed by atoms with Crippen molar-refractivity contribution >= 4 is 5.91 Å². The number of hydrogen-bond donors (Lipinski definition) is 2. The molecule has 2 atom stereocenters. The third kappa shape index (κ3) is 3.73. The standard InChI is InChI=1S/C14H20F2N2O/c1-4-8-14(3,17)13(19)18-9(2)10-6-5-7-11(15)12(10)16/h5-7,9H,4,8,17H2,1-3H3,(H,18,19). The second-order valence-corrected chi connectivity index (χ2v) is 5.01. The van der Waals surface area contributed by atoms with Gasteiger partial charge in [-0.15, -0.1) is 0 Å². The monoisotopic (exact) mass is 270 g/mol. The van der Waals surface area contributed by atoms with Gasteiger partial charge in [-0.2, -0.15) is 0 Å². The predicted octanol–water partition coefficient (Wildman–Crippen LogP) is 2.66. The maximum atomic E-state index is 13.6. The highest BCUT2D eigenvalue weighted by Gasteiger charge is 2.29. The molecule has 0 saturated heterocycles. The van der Waals surface area contributed by atoms with Crippen LogP contribution in [0.1, 0.15) is 45.2 Å². The van der Waals surface area contributed by atoms with Crippen molar-refractivity contribution in [3.8, 4) is 0 Å². The Bertz CT molecular complexity index is 461. The van der Waals surface area contributed by atoms with Gasteiger partial charge in [0.25, 0.3) is 0 Å². The molecule has 0 spiro atoms. The Balaban J connectivity index is 2.83. The van der Waals surface area contributed by atoms with Crippen LogP contribution in [0.4, 0.5) is 8.78 Å². The smallest absolute Gasteiger partial charge is 0.240 e. The summed E-state index contributed by atoms with van der Waals surface area (Å²) in [5, 5.41) is 2.62. The number of amides is 1. The first-order valence-electron chi connectivity index (χ1n) is 6.33. The zero-order valence-electron chi connectivity index (χ0n) is 11.5. The highest BCUT2D eigenvalue weighted by atomic mass is 19.2. The van der Waals surface area contributed by atoms with Crippen LogP contribution in [0.3, 0.4) is 0 Å². The van der Waals surface area contributed by atoms with Crippen molar-refractivity contribution in [3.63, 3.8) is 0 Å². The van der Waals surface area contributed by atoms with Crippen molar-refractivity contribution in [1.82, 2.24) is 5.32 Å². The quantitative estimate of drug-likeness (QED) is 0.864. The number of hydrogen-bond acceptors (Lipinski definition) is 2. The zero-order valence-corrected chi connectivity index (χ0v) is 11.5. The van der Waals surface area contributed by atoms with Crippen molar-refractivity contribution in [2.75, 3.05) is 0 Å². The van der Waals surface area contributed by atoms with Crippen LogP contribution in [0.5, 0.6) is 0 Å². The minimum Gasteiger partial charge on any atom is -0.348 e. The third-order valence-corrected chi connectivity index (χ3v) is 3.08. The lowest BCUT2D eigenvalue weighted by atomic mass is 9.95. The average Bonchev–Trinajstić information content (AvgIpc) is 2.32. The van der Waals surface area contributed by atoms with Crippen molar-refractivity contribution in [2.45, 2.75) is 45.2 Å². The fraction of sp³-hybridized carbons (Fsp3) is 0.500. The second-order valence-electron chi connectivity index (χ2n) is 5.01. The van der Waals surface area contributed by atoms with E-state index in [2.05, 4.69) is 5.32 Å². The lowest BCUT2D eigenvalue weighted by Gasteiger charge is -2.25. The maximum Gasteiger partial charge on any atom is 0.240 e. The molecule has 2 unspecified atom stereocenters. The average molecular weight is 270 g/mol. The van der Waals surface area contributed by atoms with Gasteiger partial charge in [-0.3, -0.25) is 4.79 Å². The van der Waals surface area contributed by atoms with Gasteiger partial charge in [-0.25, -0.2) is 8.78 Å². The summed E-state index contributed by atoms with van der Waals surface area (Å²) in [6.45, 7) is 5.15. The van der Waals surface area contributed by atoms with E-state index < -0.39 is 23.2 Å². The number of rotatable bonds is 5. The first-order valence-corrected chi connectivity index (χ1v) is 6.33. The van der Waals surface area contributed by atoms with Crippen LogP contribution in [0.2, 0.25) is 0 Å². The SMILES string of the molecule is CCCC(C)(N)C(=O)NC(C)c1cccc(F)c1F. The lowest BCUT2D eigenvalue weighted by Crippen LogP contribution is -2.52. The molecule has 0 saturated carbocycles. The minimum absolute atomic E-state index is 0.112. The van der Waals surface area contributed by atoms with Gasteiger partial charge in [0, 0.05) is 5.56 Å². The van der Waals surface area contributed by atoms with Gasteiger partial charge < -0.3 is 11.1 Å². The topological polar surface area (TPSA) is 55.1 Å². The summed E-state index contributed by atoms with van der Waals surface area (Å²) in [7, 11) is 0. The van der Waals surface area contributed by atoms with Crippen molar-refractivity contribution in [3.05, 3.63) is 35.4 Å². The fourth-order valence-electron chi connectivity index (χ4n) is 1.93. The predicted molar refractivity (Wildman–Crippen MR) is 70.4 cm³/mol. The van der Waals surface area contributed by atoms with Crippen LogP contribution < -0.4 is 11.1 Å². The summed E-state index contributed by atoms with van der Waals surface area (Å²) >= 11 is 0. The van der Waals surface area contributed by atoms with E-state index in [-0.39, 0.29) is 11.5 Å². The van der Waals surface area contributed by atoms with E-state index in [0.717, 1.165) is 12.5 Å². The molecule has 1 amide bonds. The molecule has 5 heteroatoms. The highest BCUT2D eigenvalue weighted by molar-refractivity contribution is 5.85. The van der Waals surface area contributed by atoms with Crippen LogP contribution in [0.15, 0.2) is 18.2 Å². The Labute approximate surface area is 112 Å². The summed E-state index contributed by atoms with van der Waals surface area (Å²) in [6, 6.07) is 3.25. The Hall–Kier alpha value is -1.49. The molecule has 0 radical (unpaired) electrons. The lowest BCUT2D eigenvalue weighted by molar-refractivity contribution is -0.126. The molecule has 3 N–H and O–H groups in total. The summed E-state index contributed by atoms with van der Waals surface area (Å²) in [4.78, 5) is 12.0. The van der Waals surface area contributed by atoms with Gasteiger partial charge in [0.15, 0.2) is 11.6 Å². The second kappa shape index (κ2) is 6.10. The molecule has 3 nitrogen and oxygen atoms in total. The molecule has 0 aliphatic rings. The van der Waals surface area contributed by atoms with Crippen LogP contribution >= 0.6 is 0 Å². The number of nitrogens with one attached hydrogen (secondary N) is 1. The number of carbonyl (C=O) groups excluding carboxylic acids is 1. The van der Waals surface area contributed by atoms with E-state index in [4.69, 9.17) is 5.73 Å². The molecule has 106 valence electrons. The van der Waals surface area contributed by atoms with E-state index in [0.29, 0.717) is 6.42 Å². The number of carbonyl (C=O) groups is 1. The first-order chi connectivity index (χ1) is 8.79. The number of benzene rings is 1. The molecule has 0 heterocycles. The largest absolute Gasteiger partial charge is 0.348 e. The van der Waals surface area contributed by atoms with Crippen LogP contribution in [-0.4, -0.2) is 11.4 Å². The minimum atomic E-state index is -1.01. The van der Waals surface area contributed by atoms with Gasteiger partial charge in [-0.05, 0) is 26.3 Å². The van der Waals surface area contributed by atoms with Crippen molar-refractivity contribution in [1.29, 1.82) is 0 Å². The molecular weight excluding hydrogens is 250 g/mol. The molecule has 0 aliphatic heterocycles. The molecule has 19 heavy (non-hydrogen) atoms. The Kier molecular flexibility index (Phi) is 5.00. The number of nitrogens with two attached hydrogens (primary N) is 1. The maximum absolute atomic E-state index is 13.6. The van der Waals surface area contributed by atoms with E-state index in [9.17, 15) is 13.6 Å². The van der Waals surface area contributed by atoms with Crippen molar-refractivity contribution < 1.29 is 13.6 Å². The van der Waals surface area contributed by atoms with Gasteiger partial charge in [0.2, 0.25) is 5.91 Å². The van der Waals surface area contributed by atoms with Crippen molar-refractivity contribution in [2.24, 2.45) is 5.73 Å². The molecule has 1 rings (SSSR count). The van der Waals surface area contributed by atoms with Crippen LogP contribution in [0.25, 0.3) is 0 Å². The van der Waals surface area contributed by atoms with E-state index in [1.807, 2.05) is 6.92 Å². The Morgan fingerprint density at radius 2 is 2.11 bits per heavy atom. The zero-order chi connectivity index (χ0) is 14.6. The van der Waals surface area contributed by atoms with Gasteiger partial charge in [-0.1, -0.05) is 25.5 Å². The number of halogens is 2. The van der Waals surface area contributed by atoms with Crippen LogP contribution in [-0.2, 0) is 4.79 Å². The van der Waals surface area contributed by atoms with E-state index in [1.165, 1.54) is 12.1 Å². The van der Waals surface area contributed by atoms with Gasteiger partial charge in [0.1, 0.15) is 0 Å². The van der Waals surface area contributed by atoms with Crippen LogP contribution in [0, 0.1) is 11.6 Å². The van der Waals surface area contributed by atoms with Gasteiger partial charge in [0.05, 0.1) is 11.6 Å². The Morgan fingerprint density at radius 1 is 1.47 bits per heavy atom. The molecular formula is C14H20F2N2O. The fourth-order valence-corrected chi connectivity index (χ4v) is 1.93. The van der Waals surface area contributed by atoms with E-state index >= 15 is 0 Å². The molecule has 0 bridgehead atoms. The molecule has 0 fully saturated rings. The molecule has 1 aromatic rings. The first kappa shape index (κ1) is 15.6. The van der Waals surface area contributed by atoms with E-state index in [1.54, 1.807) is 13.8 Å². The molecule has 0 aromatic heterocycles. The Morgan fingerprint density at radius 3 is 2.68 bits per heavy atom. The molecule has 1 aromatic carbocycles. The summed E-state index contributed by atoms with van der Waals surface area (Å²) in [5.74, 6) is -2.24.